The lowest BCUT2D eigenvalue weighted by atomic mass is 10.1. The molecule has 0 aliphatic rings. The summed E-state index contributed by atoms with van der Waals surface area (Å²) in [5, 5.41) is 0. The highest BCUT2D eigenvalue weighted by Gasteiger charge is 2.19. The zero-order valence-corrected chi connectivity index (χ0v) is 42.7. The molecule has 374 valence electrons. The van der Waals surface area contributed by atoms with Crippen LogP contribution in [0.4, 0.5) is 0 Å². The molecule has 0 radical (unpaired) electrons. The monoisotopic (exact) mass is 907 g/mol. The largest absolute Gasteiger partial charge is 0.462 e. The van der Waals surface area contributed by atoms with Crippen LogP contribution in [0.1, 0.15) is 265 Å². The minimum absolute atomic E-state index is 0.0966. The summed E-state index contributed by atoms with van der Waals surface area (Å²) in [7, 11) is 0. The van der Waals surface area contributed by atoms with Crippen LogP contribution >= 0.6 is 0 Å². The molecule has 0 bridgehead atoms. The number of allylic oxidation sites excluding steroid dienone is 12. The van der Waals surface area contributed by atoms with Gasteiger partial charge in [-0.05, 0) is 89.9 Å². The second-order valence-electron chi connectivity index (χ2n) is 18.1. The maximum Gasteiger partial charge on any atom is 0.306 e. The highest BCUT2D eigenvalue weighted by Crippen LogP contribution is 2.15. The quantitative estimate of drug-likeness (QED) is 0.0262. The number of unbranched alkanes of at least 4 members (excludes halogenated alkanes) is 26. The lowest BCUT2D eigenvalue weighted by Crippen LogP contribution is -2.30. The van der Waals surface area contributed by atoms with E-state index in [1.54, 1.807) is 0 Å². The molecule has 6 nitrogen and oxygen atoms in total. The summed E-state index contributed by atoms with van der Waals surface area (Å²) in [6.07, 6.45) is 67.5. The van der Waals surface area contributed by atoms with E-state index in [2.05, 4.69) is 93.7 Å². The molecular weight excluding hydrogens is 805 g/mol. The highest BCUT2D eigenvalue weighted by molar-refractivity contribution is 5.71. The molecular formula is C59H102O6. The summed E-state index contributed by atoms with van der Waals surface area (Å²) >= 11 is 0. The van der Waals surface area contributed by atoms with Gasteiger partial charge < -0.3 is 14.2 Å². The fraction of sp³-hybridized carbons (Fsp3) is 0.746. The third-order valence-corrected chi connectivity index (χ3v) is 11.7. The van der Waals surface area contributed by atoms with Crippen LogP contribution in [-0.4, -0.2) is 37.2 Å². The van der Waals surface area contributed by atoms with Crippen molar-refractivity contribution in [3.05, 3.63) is 72.9 Å². The summed E-state index contributed by atoms with van der Waals surface area (Å²) < 4.78 is 16.8. The van der Waals surface area contributed by atoms with Crippen LogP contribution in [0.15, 0.2) is 72.9 Å². The maximum atomic E-state index is 12.8. The predicted molar refractivity (Wildman–Crippen MR) is 279 cm³/mol. The van der Waals surface area contributed by atoms with E-state index in [-0.39, 0.29) is 37.5 Å². The Morgan fingerprint density at radius 1 is 0.308 bits per heavy atom. The first-order chi connectivity index (χ1) is 32.0. The minimum atomic E-state index is -0.803. The number of hydrogen-bond donors (Lipinski definition) is 0. The highest BCUT2D eigenvalue weighted by atomic mass is 16.6. The molecule has 0 saturated heterocycles. The molecule has 0 fully saturated rings. The van der Waals surface area contributed by atoms with Crippen molar-refractivity contribution in [3.63, 3.8) is 0 Å². The van der Waals surface area contributed by atoms with Crippen LogP contribution in [0.25, 0.3) is 0 Å². The van der Waals surface area contributed by atoms with Gasteiger partial charge in [-0.15, -0.1) is 0 Å². The van der Waals surface area contributed by atoms with Gasteiger partial charge >= 0.3 is 17.9 Å². The zero-order valence-electron chi connectivity index (χ0n) is 42.7. The van der Waals surface area contributed by atoms with Crippen molar-refractivity contribution in [2.75, 3.05) is 13.2 Å². The number of carbonyl (C=O) groups is 3. The fourth-order valence-corrected chi connectivity index (χ4v) is 7.52. The first-order valence-corrected chi connectivity index (χ1v) is 27.4. The molecule has 0 heterocycles. The molecule has 1 atom stereocenters. The van der Waals surface area contributed by atoms with E-state index in [0.29, 0.717) is 19.3 Å². The molecule has 65 heavy (non-hydrogen) atoms. The molecule has 0 saturated carbocycles. The summed E-state index contributed by atoms with van der Waals surface area (Å²) in [6.45, 7) is 6.54. The molecule has 0 spiro atoms. The number of rotatable bonds is 49. The third-order valence-electron chi connectivity index (χ3n) is 11.7. The van der Waals surface area contributed by atoms with Gasteiger partial charge in [-0.25, -0.2) is 0 Å². The Balaban J connectivity index is 4.42. The van der Waals surface area contributed by atoms with Crippen LogP contribution in [0, 0.1) is 0 Å². The molecule has 0 amide bonds. The lowest BCUT2D eigenvalue weighted by Gasteiger charge is -2.18. The molecule has 0 rings (SSSR count). The zero-order chi connectivity index (χ0) is 47.2. The van der Waals surface area contributed by atoms with Crippen molar-refractivity contribution < 1.29 is 28.6 Å². The standard InChI is InChI=1S/C59H102O6/c1-4-7-10-13-16-19-22-24-26-28-29-31-32-34-37-40-43-46-49-52-58(61)64-55-56(54-63-57(60)51-48-45-42-39-36-21-18-15-12-9-6-3)65-59(62)53-50-47-44-41-38-35-33-30-27-25-23-20-17-14-11-8-5-2/h16-17,19-20,24-27,33,35,41,44,56H,4-15,18,21-23,28-32,34,36-40,42-43,45-55H2,1-3H3/b19-16-,20-17-,26-24-,27-25-,35-33-,44-41-/t56-/m1/s1. The molecule has 0 aromatic carbocycles. The van der Waals surface area contributed by atoms with E-state index in [9.17, 15) is 14.4 Å². The Labute approximate surface area is 402 Å². The van der Waals surface area contributed by atoms with E-state index in [0.717, 1.165) is 70.6 Å². The molecule has 0 aliphatic carbocycles. The number of esters is 3. The average Bonchev–Trinajstić information content (AvgIpc) is 3.30. The number of ether oxygens (including phenoxy) is 3. The molecule has 0 aliphatic heterocycles. The Morgan fingerprint density at radius 2 is 0.569 bits per heavy atom. The van der Waals surface area contributed by atoms with E-state index < -0.39 is 6.10 Å². The van der Waals surface area contributed by atoms with Crippen LogP contribution < -0.4 is 0 Å². The van der Waals surface area contributed by atoms with Crippen molar-refractivity contribution in [2.24, 2.45) is 0 Å². The first-order valence-electron chi connectivity index (χ1n) is 27.4. The second kappa shape index (κ2) is 53.5. The topological polar surface area (TPSA) is 78.9 Å². The number of carbonyl (C=O) groups excluding carboxylic acids is 3. The fourth-order valence-electron chi connectivity index (χ4n) is 7.52. The smallest absolute Gasteiger partial charge is 0.306 e. The first kappa shape index (κ1) is 61.9. The van der Waals surface area contributed by atoms with E-state index >= 15 is 0 Å². The van der Waals surface area contributed by atoms with Crippen LogP contribution in [0.2, 0.25) is 0 Å². The lowest BCUT2D eigenvalue weighted by molar-refractivity contribution is -0.167. The van der Waals surface area contributed by atoms with E-state index in [1.165, 1.54) is 148 Å². The van der Waals surface area contributed by atoms with Crippen LogP contribution in [0.5, 0.6) is 0 Å². The third kappa shape index (κ3) is 51.7. The summed E-state index contributed by atoms with van der Waals surface area (Å²) in [5.74, 6) is -0.953. The van der Waals surface area contributed by atoms with Crippen molar-refractivity contribution >= 4 is 17.9 Å². The van der Waals surface area contributed by atoms with Gasteiger partial charge in [0.15, 0.2) is 6.10 Å². The minimum Gasteiger partial charge on any atom is -0.462 e. The van der Waals surface area contributed by atoms with Gasteiger partial charge in [0, 0.05) is 19.3 Å². The molecule has 0 unspecified atom stereocenters. The summed E-state index contributed by atoms with van der Waals surface area (Å²) in [6, 6.07) is 0. The predicted octanol–water partition coefficient (Wildman–Crippen LogP) is 18.2. The van der Waals surface area contributed by atoms with Crippen LogP contribution in [-0.2, 0) is 28.6 Å². The van der Waals surface area contributed by atoms with Crippen molar-refractivity contribution in [1.29, 1.82) is 0 Å². The van der Waals surface area contributed by atoms with Gasteiger partial charge in [0.05, 0.1) is 0 Å². The summed E-state index contributed by atoms with van der Waals surface area (Å²) in [4.78, 5) is 38.0. The SMILES string of the molecule is CCCCC/C=C\C/C=C\C/C=C\C/C=C\CCCC(=O)O[C@@H](COC(=O)CCCCCCCCCCC/C=C\C/C=C\CCCCC)COC(=O)CCCCCCCCCCCCC. The van der Waals surface area contributed by atoms with E-state index in [4.69, 9.17) is 14.2 Å². The van der Waals surface area contributed by atoms with Gasteiger partial charge in [0.2, 0.25) is 0 Å². The van der Waals surface area contributed by atoms with Gasteiger partial charge in [0.25, 0.3) is 0 Å². The van der Waals surface area contributed by atoms with E-state index in [1.807, 2.05) is 0 Å². The summed E-state index contributed by atoms with van der Waals surface area (Å²) in [5.41, 5.74) is 0. The Hall–Kier alpha value is -3.15. The normalized spacial score (nSPS) is 12.6. The molecule has 0 N–H and O–H groups in total. The van der Waals surface area contributed by atoms with Crippen molar-refractivity contribution in [3.8, 4) is 0 Å². The van der Waals surface area contributed by atoms with Crippen LogP contribution in [0.3, 0.4) is 0 Å². The van der Waals surface area contributed by atoms with Gasteiger partial charge in [0.1, 0.15) is 13.2 Å². The molecule has 6 heteroatoms. The maximum absolute atomic E-state index is 12.8. The average molecular weight is 907 g/mol. The Bertz CT molecular complexity index is 1230. The van der Waals surface area contributed by atoms with Crippen molar-refractivity contribution in [2.45, 2.75) is 271 Å². The molecule has 0 aromatic rings. The number of hydrogen-bond acceptors (Lipinski definition) is 6. The van der Waals surface area contributed by atoms with Crippen molar-refractivity contribution in [1.82, 2.24) is 0 Å². The second-order valence-corrected chi connectivity index (χ2v) is 18.1. The van der Waals surface area contributed by atoms with Gasteiger partial charge in [-0.3, -0.25) is 14.4 Å². The van der Waals surface area contributed by atoms with Gasteiger partial charge in [-0.2, -0.15) is 0 Å². The molecule has 0 aromatic heterocycles. The van der Waals surface area contributed by atoms with Gasteiger partial charge in [-0.1, -0.05) is 229 Å². The Kier molecular flexibility index (Phi) is 50.9. The Morgan fingerprint density at radius 3 is 0.938 bits per heavy atom.